The van der Waals surface area contributed by atoms with Crippen molar-refractivity contribution < 1.29 is 9.59 Å². The molecule has 184 valence electrons. The number of anilines is 3. The number of para-hydroxylation sites is 1. The second kappa shape index (κ2) is 10.2. The minimum absolute atomic E-state index is 0.00912. The Balaban J connectivity index is 1.31. The van der Waals surface area contributed by atoms with Crippen LogP contribution >= 0.6 is 0 Å². The average Bonchev–Trinajstić information content (AvgIpc) is 3.38. The van der Waals surface area contributed by atoms with Gasteiger partial charge in [-0.1, -0.05) is 18.2 Å². The first-order valence-electron chi connectivity index (χ1n) is 12.1. The maximum atomic E-state index is 13.4. The summed E-state index contributed by atoms with van der Waals surface area (Å²) in [4.78, 5) is 44.0. The SMILES string of the molecule is CC(C)N1CCN(C(=O)c2ccc(NC(=O)N(c3ccccc3)c3ncc4cc[nH]c4n3)cc2)CC1. The van der Waals surface area contributed by atoms with Gasteiger partial charge >= 0.3 is 6.03 Å². The zero-order valence-electron chi connectivity index (χ0n) is 20.4. The lowest BCUT2D eigenvalue weighted by Gasteiger charge is -2.37. The second-order valence-electron chi connectivity index (χ2n) is 9.05. The van der Waals surface area contributed by atoms with Crippen molar-refractivity contribution in [2.24, 2.45) is 0 Å². The van der Waals surface area contributed by atoms with E-state index in [2.05, 4.69) is 39.0 Å². The highest BCUT2D eigenvalue weighted by Gasteiger charge is 2.24. The van der Waals surface area contributed by atoms with Crippen molar-refractivity contribution in [3.63, 3.8) is 0 Å². The molecule has 4 aromatic rings. The average molecular weight is 484 g/mol. The van der Waals surface area contributed by atoms with Crippen LogP contribution in [0, 0.1) is 0 Å². The fourth-order valence-electron chi connectivity index (χ4n) is 4.34. The number of benzene rings is 2. The summed E-state index contributed by atoms with van der Waals surface area (Å²) in [6.07, 6.45) is 3.46. The van der Waals surface area contributed by atoms with Crippen LogP contribution in [0.2, 0.25) is 0 Å². The zero-order valence-corrected chi connectivity index (χ0v) is 20.4. The van der Waals surface area contributed by atoms with E-state index >= 15 is 0 Å². The smallest absolute Gasteiger partial charge is 0.333 e. The summed E-state index contributed by atoms with van der Waals surface area (Å²) in [5, 5.41) is 3.77. The molecule has 36 heavy (non-hydrogen) atoms. The third-order valence-corrected chi connectivity index (χ3v) is 6.42. The van der Waals surface area contributed by atoms with Crippen molar-refractivity contribution in [2.75, 3.05) is 36.4 Å². The molecule has 3 heterocycles. The van der Waals surface area contributed by atoms with E-state index in [0.29, 0.717) is 41.7 Å². The molecule has 0 radical (unpaired) electrons. The fraction of sp³-hybridized carbons (Fsp3) is 0.259. The van der Waals surface area contributed by atoms with Gasteiger partial charge in [0, 0.05) is 61.3 Å². The number of hydrogen-bond donors (Lipinski definition) is 2. The van der Waals surface area contributed by atoms with Crippen LogP contribution < -0.4 is 10.2 Å². The molecule has 2 aromatic carbocycles. The Kier molecular flexibility index (Phi) is 6.64. The van der Waals surface area contributed by atoms with Crippen LogP contribution in [-0.4, -0.2) is 68.9 Å². The van der Waals surface area contributed by atoms with E-state index in [-0.39, 0.29) is 11.9 Å². The Morgan fingerprint density at radius 1 is 0.972 bits per heavy atom. The number of piperazine rings is 1. The number of rotatable bonds is 5. The largest absolute Gasteiger partial charge is 0.346 e. The number of aromatic amines is 1. The number of H-pyrrole nitrogens is 1. The Morgan fingerprint density at radius 2 is 1.69 bits per heavy atom. The maximum Gasteiger partial charge on any atom is 0.333 e. The van der Waals surface area contributed by atoms with Crippen LogP contribution in [0.25, 0.3) is 11.0 Å². The summed E-state index contributed by atoms with van der Waals surface area (Å²) in [6.45, 7) is 7.54. The molecule has 5 rings (SSSR count). The van der Waals surface area contributed by atoms with Crippen LogP contribution in [0.15, 0.2) is 73.1 Å². The van der Waals surface area contributed by atoms with Gasteiger partial charge < -0.3 is 15.2 Å². The molecule has 1 aliphatic heterocycles. The Labute approximate surface area is 209 Å². The molecule has 0 unspecified atom stereocenters. The number of amides is 3. The van der Waals surface area contributed by atoms with Crippen molar-refractivity contribution in [3.8, 4) is 0 Å². The van der Waals surface area contributed by atoms with E-state index in [0.717, 1.165) is 18.5 Å². The topological polar surface area (TPSA) is 97.5 Å². The van der Waals surface area contributed by atoms with Gasteiger partial charge in [0.2, 0.25) is 5.95 Å². The van der Waals surface area contributed by atoms with Gasteiger partial charge in [-0.05, 0) is 56.3 Å². The first kappa shape index (κ1) is 23.5. The van der Waals surface area contributed by atoms with Crippen LogP contribution in [0.3, 0.4) is 0 Å². The van der Waals surface area contributed by atoms with Crippen molar-refractivity contribution in [1.82, 2.24) is 24.8 Å². The van der Waals surface area contributed by atoms with Gasteiger partial charge in [0.05, 0.1) is 5.69 Å². The molecule has 3 amide bonds. The molecule has 0 aliphatic carbocycles. The summed E-state index contributed by atoms with van der Waals surface area (Å²) in [5.74, 6) is 0.260. The van der Waals surface area contributed by atoms with Crippen LogP contribution in [0.5, 0.6) is 0 Å². The van der Waals surface area contributed by atoms with Gasteiger partial charge in [-0.2, -0.15) is 4.98 Å². The Hall–Kier alpha value is -4.24. The molecular weight excluding hydrogens is 454 g/mol. The molecule has 1 saturated heterocycles. The summed E-state index contributed by atoms with van der Waals surface area (Å²) >= 11 is 0. The predicted octanol–water partition coefficient (Wildman–Crippen LogP) is 4.49. The highest BCUT2D eigenvalue weighted by molar-refractivity contribution is 6.06. The molecule has 9 nitrogen and oxygen atoms in total. The van der Waals surface area contributed by atoms with E-state index in [1.807, 2.05) is 41.3 Å². The quantitative estimate of drug-likeness (QED) is 0.436. The Bertz CT molecular complexity index is 1340. The lowest BCUT2D eigenvalue weighted by molar-refractivity contribution is 0.0595. The van der Waals surface area contributed by atoms with Crippen molar-refractivity contribution >= 4 is 40.3 Å². The standard InChI is InChI=1S/C27H29N7O2/c1-19(2)32-14-16-33(17-15-32)25(35)20-8-10-22(11-9-20)30-27(36)34(23-6-4-3-5-7-23)26-29-18-21-12-13-28-24(21)31-26/h3-13,18-19H,14-17H2,1-2H3,(H,30,36)(H,28,29,31). The lowest BCUT2D eigenvalue weighted by Crippen LogP contribution is -2.50. The minimum Gasteiger partial charge on any atom is -0.346 e. The lowest BCUT2D eigenvalue weighted by atomic mass is 10.1. The molecule has 0 spiro atoms. The number of nitrogens with one attached hydrogen (secondary N) is 2. The van der Waals surface area contributed by atoms with Crippen LogP contribution in [0.4, 0.5) is 22.1 Å². The Morgan fingerprint density at radius 3 is 2.39 bits per heavy atom. The number of hydrogen-bond acceptors (Lipinski definition) is 5. The molecule has 2 N–H and O–H groups in total. The third kappa shape index (κ3) is 4.92. The van der Waals surface area contributed by atoms with E-state index in [9.17, 15) is 9.59 Å². The summed E-state index contributed by atoms with van der Waals surface area (Å²) in [5.41, 5.74) is 2.45. The summed E-state index contributed by atoms with van der Waals surface area (Å²) in [7, 11) is 0. The van der Waals surface area contributed by atoms with E-state index in [1.165, 1.54) is 4.90 Å². The molecule has 2 aromatic heterocycles. The molecule has 0 bridgehead atoms. The van der Waals surface area contributed by atoms with Crippen molar-refractivity contribution in [2.45, 2.75) is 19.9 Å². The van der Waals surface area contributed by atoms with Gasteiger partial charge in [-0.3, -0.25) is 9.69 Å². The molecule has 1 aliphatic rings. The predicted molar refractivity (Wildman–Crippen MR) is 141 cm³/mol. The normalized spacial score (nSPS) is 14.2. The molecule has 1 fully saturated rings. The molecular formula is C27H29N7O2. The number of carbonyl (C=O) groups excluding carboxylic acids is 2. The van der Waals surface area contributed by atoms with Gasteiger partial charge in [-0.25, -0.2) is 14.7 Å². The first-order valence-corrected chi connectivity index (χ1v) is 12.1. The molecule has 0 atom stereocenters. The highest BCUT2D eigenvalue weighted by Crippen LogP contribution is 2.25. The van der Waals surface area contributed by atoms with Crippen molar-refractivity contribution in [3.05, 3.63) is 78.6 Å². The number of nitrogens with zero attached hydrogens (tertiary/aromatic N) is 5. The number of carbonyl (C=O) groups is 2. The van der Waals surface area contributed by atoms with Crippen LogP contribution in [0.1, 0.15) is 24.2 Å². The summed E-state index contributed by atoms with van der Waals surface area (Å²) < 4.78 is 0. The minimum atomic E-state index is -0.406. The number of fused-ring (bicyclic) bond motifs is 1. The van der Waals surface area contributed by atoms with Gasteiger partial charge in [-0.15, -0.1) is 0 Å². The van der Waals surface area contributed by atoms with Gasteiger partial charge in [0.15, 0.2) is 0 Å². The first-order chi connectivity index (χ1) is 17.5. The van der Waals surface area contributed by atoms with Gasteiger partial charge in [0.1, 0.15) is 5.65 Å². The van der Waals surface area contributed by atoms with E-state index in [4.69, 9.17) is 0 Å². The molecule has 0 saturated carbocycles. The highest BCUT2D eigenvalue weighted by atomic mass is 16.2. The molecule has 9 heteroatoms. The van der Waals surface area contributed by atoms with Crippen molar-refractivity contribution in [1.29, 1.82) is 0 Å². The summed E-state index contributed by atoms with van der Waals surface area (Å²) in [6, 6.07) is 18.2. The van der Waals surface area contributed by atoms with Gasteiger partial charge in [0.25, 0.3) is 5.91 Å². The third-order valence-electron chi connectivity index (χ3n) is 6.42. The number of aromatic nitrogens is 3. The second-order valence-corrected chi connectivity index (χ2v) is 9.05. The van der Waals surface area contributed by atoms with E-state index in [1.54, 1.807) is 36.7 Å². The number of urea groups is 1. The fourth-order valence-corrected chi connectivity index (χ4v) is 4.34. The van der Waals surface area contributed by atoms with E-state index < -0.39 is 6.03 Å². The zero-order chi connectivity index (χ0) is 25.1. The monoisotopic (exact) mass is 483 g/mol. The maximum absolute atomic E-state index is 13.4. The van der Waals surface area contributed by atoms with Crippen LogP contribution in [-0.2, 0) is 0 Å².